The lowest BCUT2D eigenvalue weighted by molar-refractivity contribution is -0.384. The van der Waals surface area contributed by atoms with Crippen LogP contribution in [0.4, 0.5) is 11.5 Å². The Morgan fingerprint density at radius 3 is 2.75 bits per heavy atom. The summed E-state index contributed by atoms with van der Waals surface area (Å²) in [5.41, 5.74) is 1.74. The molecule has 0 amide bonds. The molecule has 3 heterocycles. The minimum atomic E-state index is -0.408. The summed E-state index contributed by atoms with van der Waals surface area (Å²) in [5.74, 6) is 2.26. The number of hydrogen-bond donors (Lipinski definition) is 1. The molecule has 0 radical (unpaired) electrons. The predicted octanol–water partition coefficient (Wildman–Crippen LogP) is 3.46. The lowest BCUT2D eigenvalue weighted by Crippen LogP contribution is -2.35. The largest absolute Gasteiger partial charge is 0.346 e. The normalized spacial score (nSPS) is 16.9. The second-order valence-corrected chi connectivity index (χ2v) is 6.77. The van der Waals surface area contributed by atoms with Gasteiger partial charge in [-0.2, -0.15) is 5.10 Å². The number of nitro groups is 1. The van der Waals surface area contributed by atoms with Crippen molar-refractivity contribution < 1.29 is 4.92 Å². The molecule has 9 heteroatoms. The first-order valence-corrected chi connectivity index (χ1v) is 9.40. The van der Waals surface area contributed by atoms with Crippen molar-refractivity contribution in [3.8, 4) is 11.4 Å². The fourth-order valence-corrected chi connectivity index (χ4v) is 3.54. The van der Waals surface area contributed by atoms with E-state index in [2.05, 4.69) is 32.0 Å². The van der Waals surface area contributed by atoms with Crippen molar-refractivity contribution in [2.45, 2.75) is 38.6 Å². The van der Waals surface area contributed by atoms with Gasteiger partial charge in [-0.15, -0.1) is 0 Å². The van der Waals surface area contributed by atoms with E-state index in [-0.39, 0.29) is 11.7 Å². The molecule has 1 aliphatic rings. The molecule has 0 aliphatic carbocycles. The molecule has 0 saturated carbocycles. The van der Waals surface area contributed by atoms with Crippen molar-refractivity contribution in [1.82, 2.24) is 25.1 Å². The number of aryl methyl sites for hydroxylation is 1. The van der Waals surface area contributed by atoms with E-state index in [1.54, 1.807) is 12.1 Å². The van der Waals surface area contributed by atoms with Gasteiger partial charge in [-0.3, -0.25) is 15.2 Å². The van der Waals surface area contributed by atoms with Crippen LogP contribution in [0.2, 0.25) is 0 Å². The van der Waals surface area contributed by atoms with Crippen LogP contribution in [0.1, 0.15) is 43.7 Å². The second kappa shape index (κ2) is 7.71. The number of aromatic amines is 1. The molecule has 28 heavy (non-hydrogen) atoms. The molecule has 0 bridgehead atoms. The van der Waals surface area contributed by atoms with Crippen LogP contribution in [0.3, 0.4) is 0 Å². The summed E-state index contributed by atoms with van der Waals surface area (Å²) in [6.07, 6.45) is 5.50. The van der Waals surface area contributed by atoms with Crippen LogP contribution in [-0.2, 0) is 6.42 Å². The van der Waals surface area contributed by atoms with Crippen molar-refractivity contribution in [2.24, 2.45) is 0 Å². The maximum absolute atomic E-state index is 10.9. The zero-order valence-electron chi connectivity index (χ0n) is 15.6. The molecule has 1 N–H and O–H groups in total. The number of nitro benzene ring substituents is 1. The Kier molecular flexibility index (Phi) is 4.96. The number of anilines is 1. The van der Waals surface area contributed by atoms with Gasteiger partial charge in [-0.25, -0.2) is 15.0 Å². The van der Waals surface area contributed by atoms with E-state index < -0.39 is 4.92 Å². The molecule has 1 aliphatic heterocycles. The van der Waals surface area contributed by atoms with Crippen LogP contribution < -0.4 is 4.90 Å². The zero-order chi connectivity index (χ0) is 19.5. The van der Waals surface area contributed by atoms with Gasteiger partial charge in [0.05, 0.1) is 11.0 Å². The summed E-state index contributed by atoms with van der Waals surface area (Å²) in [5, 5.41) is 17.9. The van der Waals surface area contributed by atoms with Gasteiger partial charge >= 0.3 is 0 Å². The Hall–Kier alpha value is -3.36. The third-order valence-electron chi connectivity index (χ3n) is 5.01. The Morgan fingerprint density at radius 2 is 2.07 bits per heavy atom. The first-order chi connectivity index (χ1) is 13.7. The molecular formula is C19H21N7O2. The fourth-order valence-electron chi connectivity index (χ4n) is 3.54. The standard InChI is InChI=1S/C19H21N7O2/c1-2-14-11-17(25-10-4-3-5-16(25)19-20-12-21-24-19)23-18(22-14)13-6-8-15(9-7-13)26(27)28/h6-9,11-12,16H,2-5,10H2,1H3,(H,20,21,24). The van der Waals surface area contributed by atoms with E-state index in [0.29, 0.717) is 5.82 Å². The number of aromatic nitrogens is 5. The van der Waals surface area contributed by atoms with E-state index in [1.165, 1.54) is 18.5 Å². The Labute approximate surface area is 162 Å². The second-order valence-electron chi connectivity index (χ2n) is 6.77. The molecule has 1 atom stereocenters. The van der Waals surface area contributed by atoms with Gasteiger partial charge in [-0.05, 0) is 37.8 Å². The molecule has 144 valence electrons. The average Bonchev–Trinajstić information content (AvgIpc) is 3.28. The predicted molar refractivity (Wildman–Crippen MR) is 104 cm³/mol. The zero-order valence-corrected chi connectivity index (χ0v) is 15.6. The van der Waals surface area contributed by atoms with Crippen molar-refractivity contribution in [2.75, 3.05) is 11.4 Å². The van der Waals surface area contributed by atoms with Crippen LogP contribution in [0.15, 0.2) is 36.7 Å². The summed E-state index contributed by atoms with van der Waals surface area (Å²) in [6.45, 7) is 2.93. The van der Waals surface area contributed by atoms with E-state index >= 15 is 0 Å². The maximum atomic E-state index is 10.9. The van der Waals surface area contributed by atoms with Gasteiger partial charge < -0.3 is 4.90 Å². The molecule has 3 aromatic rings. The molecule has 2 aromatic heterocycles. The SMILES string of the molecule is CCc1cc(N2CCCCC2c2ncn[nH]2)nc(-c2ccc([N+](=O)[O-])cc2)n1. The molecule has 4 rings (SSSR count). The van der Waals surface area contributed by atoms with Crippen molar-refractivity contribution in [3.63, 3.8) is 0 Å². The molecule has 1 fully saturated rings. The molecule has 0 spiro atoms. The molecule has 1 aromatic carbocycles. The number of rotatable bonds is 5. The number of non-ortho nitro benzene ring substituents is 1. The lowest BCUT2D eigenvalue weighted by atomic mass is 10.0. The molecular weight excluding hydrogens is 358 g/mol. The highest BCUT2D eigenvalue weighted by Crippen LogP contribution is 2.33. The first-order valence-electron chi connectivity index (χ1n) is 9.40. The Balaban J connectivity index is 1.72. The highest BCUT2D eigenvalue weighted by atomic mass is 16.6. The van der Waals surface area contributed by atoms with E-state index in [1.807, 2.05) is 6.07 Å². The summed E-state index contributed by atoms with van der Waals surface area (Å²) in [6, 6.07) is 8.47. The van der Waals surface area contributed by atoms with Gasteiger partial charge in [0.25, 0.3) is 5.69 Å². The summed E-state index contributed by atoms with van der Waals surface area (Å²) < 4.78 is 0. The number of nitrogens with one attached hydrogen (secondary N) is 1. The third kappa shape index (κ3) is 3.55. The highest BCUT2D eigenvalue weighted by Gasteiger charge is 2.28. The monoisotopic (exact) mass is 379 g/mol. The number of nitrogens with zero attached hydrogens (tertiary/aromatic N) is 6. The Morgan fingerprint density at radius 1 is 1.25 bits per heavy atom. The number of piperidine rings is 1. The van der Waals surface area contributed by atoms with Gasteiger partial charge in [0.2, 0.25) is 0 Å². The summed E-state index contributed by atoms with van der Waals surface area (Å²) in [4.78, 5) is 26.5. The summed E-state index contributed by atoms with van der Waals surface area (Å²) >= 11 is 0. The molecule has 1 unspecified atom stereocenters. The van der Waals surface area contributed by atoms with Gasteiger partial charge in [0.15, 0.2) is 5.82 Å². The maximum Gasteiger partial charge on any atom is 0.269 e. The number of hydrogen-bond acceptors (Lipinski definition) is 7. The van der Waals surface area contributed by atoms with Crippen LogP contribution in [-0.4, -0.2) is 36.6 Å². The van der Waals surface area contributed by atoms with E-state index in [9.17, 15) is 10.1 Å². The molecule has 9 nitrogen and oxygen atoms in total. The Bertz CT molecular complexity index is 957. The van der Waals surface area contributed by atoms with Crippen molar-refractivity contribution >= 4 is 11.5 Å². The first kappa shape index (κ1) is 18.0. The third-order valence-corrected chi connectivity index (χ3v) is 5.01. The van der Waals surface area contributed by atoms with Crippen LogP contribution in [0.25, 0.3) is 11.4 Å². The topological polar surface area (TPSA) is 114 Å². The fraction of sp³-hybridized carbons (Fsp3) is 0.368. The minimum Gasteiger partial charge on any atom is -0.346 e. The smallest absolute Gasteiger partial charge is 0.269 e. The highest BCUT2D eigenvalue weighted by molar-refractivity contribution is 5.60. The summed E-state index contributed by atoms with van der Waals surface area (Å²) in [7, 11) is 0. The lowest BCUT2D eigenvalue weighted by Gasteiger charge is -2.35. The van der Waals surface area contributed by atoms with Crippen LogP contribution >= 0.6 is 0 Å². The van der Waals surface area contributed by atoms with Gasteiger partial charge in [0, 0.05) is 36.0 Å². The van der Waals surface area contributed by atoms with Crippen molar-refractivity contribution in [1.29, 1.82) is 0 Å². The van der Waals surface area contributed by atoms with Gasteiger partial charge in [-0.1, -0.05) is 6.92 Å². The number of benzene rings is 1. The molecule has 1 saturated heterocycles. The minimum absolute atomic E-state index is 0.0528. The van der Waals surface area contributed by atoms with E-state index in [0.717, 1.165) is 55.1 Å². The van der Waals surface area contributed by atoms with Crippen LogP contribution in [0, 0.1) is 10.1 Å². The average molecular weight is 379 g/mol. The number of H-pyrrole nitrogens is 1. The van der Waals surface area contributed by atoms with Crippen LogP contribution in [0.5, 0.6) is 0 Å². The van der Waals surface area contributed by atoms with Gasteiger partial charge in [0.1, 0.15) is 18.0 Å². The van der Waals surface area contributed by atoms with E-state index in [4.69, 9.17) is 4.98 Å². The van der Waals surface area contributed by atoms with Crippen molar-refractivity contribution in [3.05, 3.63) is 58.3 Å². The quantitative estimate of drug-likeness (QED) is 0.533.